The van der Waals surface area contributed by atoms with Gasteiger partial charge in [0, 0.05) is 50.4 Å². The average Bonchev–Trinajstić information content (AvgIpc) is 3.31. The molecule has 2 aromatic heterocycles. The van der Waals surface area contributed by atoms with Crippen molar-refractivity contribution in [3.05, 3.63) is 30.4 Å². The summed E-state index contributed by atoms with van der Waals surface area (Å²) in [6, 6.07) is 3.62. The van der Waals surface area contributed by atoms with E-state index in [1.165, 1.54) is 7.05 Å². The number of hydrogen-bond acceptors (Lipinski definition) is 8. The van der Waals surface area contributed by atoms with E-state index in [2.05, 4.69) is 15.1 Å². The van der Waals surface area contributed by atoms with Crippen molar-refractivity contribution in [3.63, 3.8) is 0 Å². The minimum Gasteiger partial charge on any atom is -0.343 e. The molecule has 0 saturated carbocycles. The van der Waals surface area contributed by atoms with Crippen LogP contribution < -0.4 is 0 Å². The molecule has 4 heterocycles. The highest BCUT2D eigenvalue weighted by Gasteiger charge is 2.39. The topological polar surface area (TPSA) is 110 Å². The molecule has 0 aromatic carbocycles. The van der Waals surface area contributed by atoms with Gasteiger partial charge in [0.05, 0.1) is 0 Å². The smallest absolute Gasteiger partial charge is 0.288 e. The Labute approximate surface area is 165 Å². The van der Waals surface area contributed by atoms with Gasteiger partial charge in [0.25, 0.3) is 11.1 Å². The van der Waals surface area contributed by atoms with Crippen LogP contribution in [0, 0.1) is 0 Å². The Morgan fingerprint density at radius 2 is 1.96 bits per heavy atom. The number of amides is 3. The van der Waals surface area contributed by atoms with Gasteiger partial charge in [0.2, 0.25) is 11.8 Å². The Bertz CT molecular complexity index is 894. The molecule has 2 fully saturated rings. The van der Waals surface area contributed by atoms with Crippen molar-refractivity contribution in [1.82, 2.24) is 24.9 Å². The zero-order valence-electron chi connectivity index (χ0n) is 15.3. The molecule has 0 aliphatic carbocycles. The summed E-state index contributed by atoms with van der Waals surface area (Å²) in [5.74, 6) is 0.833. The fourth-order valence-electron chi connectivity index (χ4n) is 3.37. The van der Waals surface area contributed by atoms with E-state index in [4.69, 9.17) is 4.52 Å². The number of likely N-dealkylation sites (tertiary alicyclic amines) is 1. The van der Waals surface area contributed by atoms with Crippen LogP contribution in [0.1, 0.15) is 31.0 Å². The van der Waals surface area contributed by atoms with Crippen LogP contribution in [-0.2, 0) is 9.59 Å². The number of nitrogens with zero attached hydrogens (tertiary/aromatic N) is 5. The predicted molar refractivity (Wildman–Crippen MR) is 100 cm³/mol. The van der Waals surface area contributed by atoms with Crippen LogP contribution in [0.4, 0.5) is 4.79 Å². The number of rotatable bonds is 4. The molecule has 0 N–H and O–H groups in total. The molecular weight excluding hydrogens is 382 g/mol. The molecule has 2 aliphatic heterocycles. The Morgan fingerprint density at radius 1 is 1.25 bits per heavy atom. The van der Waals surface area contributed by atoms with Crippen LogP contribution in [0.25, 0.3) is 11.5 Å². The first-order valence-corrected chi connectivity index (χ1v) is 9.91. The molecule has 2 aromatic rings. The summed E-state index contributed by atoms with van der Waals surface area (Å²) >= 11 is 0.925. The average molecular weight is 401 g/mol. The Morgan fingerprint density at radius 3 is 2.61 bits per heavy atom. The van der Waals surface area contributed by atoms with E-state index >= 15 is 0 Å². The highest BCUT2D eigenvalue weighted by Crippen LogP contribution is 2.31. The standard InChI is InChI=1S/C18H19N5O4S/c1-22-17(25)13(28-18(22)26)10-14(24)23-8-4-11(5-9-23)15-20-16(27-21-15)12-2-6-19-7-3-12/h2-3,6-7,11,13H,4-5,8-10H2,1H3. The van der Waals surface area contributed by atoms with Crippen LogP contribution in [0.2, 0.25) is 0 Å². The van der Waals surface area contributed by atoms with E-state index in [0.717, 1.165) is 35.1 Å². The lowest BCUT2D eigenvalue weighted by atomic mass is 9.96. The summed E-state index contributed by atoms with van der Waals surface area (Å²) in [5, 5.41) is 3.18. The van der Waals surface area contributed by atoms with Crippen LogP contribution in [0.3, 0.4) is 0 Å². The van der Waals surface area contributed by atoms with E-state index in [1.807, 2.05) is 12.1 Å². The SMILES string of the molecule is CN1C(=O)SC(CC(=O)N2CCC(c3noc(-c4ccncc4)n3)CC2)C1=O. The molecule has 0 spiro atoms. The third kappa shape index (κ3) is 3.64. The second-order valence-electron chi connectivity index (χ2n) is 6.82. The Hall–Kier alpha value is -2.75. The minimum atomic E-state index is -0.608. The van der Waals surface area contributed by atoms with Gasteiger partial charge in [-0.25, -0.2) is 0 Å². The monoisotopic (exact) mass is 401 g/mol. The van der Waals surface area contributed by atoms with Crippen LogP contribution in [-0.4, -0.2) is 67.4 Å². The van der Waals surface area contributed by atoms with Crippen molar-refractivity contribution in [2.24, 2.45) is 0 Å². The fourth-order valence-corrected chi connectivity index (χ4v) is 4.35. The molecular formula is C18H19N5O4S. The molecule has 146 valence electrons. The number of piperidine rings is 1. The highest BCUT2D eigenvalue weighted by molar-refractivity contribution is 8.15. The number of carbonyl (C=O) groups excluding carboxylic acids is 3. The summed E-state index contributed by atoms with van der Waals surface area (Å²) < 4.78 is 5.35. The summed E-state index contributed by atoms with van der Waals surface area (Å²) in [6.45, 7) is 1.13. The minimum absolute atomic E-state index is 0.0542. The van der Waals surface area contributed by atoms with E-state index in [-0.39, 0.29) is 29.4 Å². The predicted octanol–water partition coefficient (Wildman–Crippen LogP) is 1.92. The third-order valence-corrected chi connectivity index (χ3v) is 6.19. The quantitative estimate of drug-likeness (QED) is 0.764. The van der Waals surface area contributed by atoms with Gasteiger partial charge in [-0.05, 0) is 25.0 Å². The molecule has 3 amide bonds. The van der Waals surface area contributed by atoms with Gasteiger partial charge in [-0.15, -0.1) is 0 Å². The molecule has 2 saturated heterocycles. The lowest BCUT2D eigenvalue weighted by molar-refractivity contribution is -0.135. The largest absolute Gasteiger partial charge is 0.343 e. The van der Waals surface area contributed by atoms with E-state index < -0.39 is 5.25 Å². The van der Waals surface area contributed by atoms with Crippen molar-refractivity contribution in [2.75, 3.05) is 20.1 Å². The normalized spacial score (nSPS) is 20.8. The van der Waals surface area contributed by atoms with Crippen molar-refractivity contribution < 1.29 is 18.9 Å². The van der Waals surface area contributed by atoms with E-state index in [9.17, 15) is 14.4 Å². The Balaban J connectivity index is 1.32. The van der Waals surface area contributed by atoms with Crippen molar-refractivity contribution in [3.8, 4) is 11.5 Å². The molecule has 10 heteroatoms. The molecule has 1 atom stereocenters. The van der Waals surface area contributed by atoms with E-state index in [1.54, 1.807) is 17.3 Å². The molecule has 1 unspecified atom stereocenters. The van der Waals surface area contributed by atoms with Gasteiger partial charge >= 0.3 is 0 Å². The zero-order valence-corrected chi connectivity index (χ0v) is 16.1. The molecule has 9 nitrogen and oxygen atoms in total. The maximum atomic E-state index is 12.5. The van der Waals surface area contributed by atoms with Gasteiger partial charge in [0.15, 0.2) is 5.82 Å². The van der Waals surface area contributed by atoms with Crippen molar-refractivity contribution in [1.29, 1.82) is 0 Å². The van der Waals surface area contributed by atoms with Gasteiger partial charge in [-0.3, -0.25) is 24.3 Å². The van der Waals surface area contributed by atoms with Crippen molar-refractivity contribution in [2.45, 2.75) is 30.4 Å². The molecule has 0 bridgehead atoms. The van der Waals surface area contributed by atoms with Crippen LogP contribution >= 0.6 is 11.8 Å². The highest BCUT2D eigenvalue weighted by atomic mass is 32.2. The summed E-state index contributed by atoms with van der Waals surface area (Å²) in [5.41, 5.74) is 0.819. The van der Waals surface area contributed by atoms with Gasteiger partial charge in [-0.2, -0.15) is 4.98 Å². The van der Waals surface area contributed by atoms with Gasteiger partial charge in [-0.1, -0.05) is 16.9 Å². The first kappa shape index (κ1) is 18.6. The number of pyridine rings is 1. The molecule has 28 heavy (non-hydrogen) atoms. The van der Waals surface area contributed by atoms with Crippen molar-refractivity contribution >= 4 is 28.8 Å². The maximum Gasteiger partial charge on any atom is 0.288 e. The molecule has 4 rings (SSSR count). The number of hydrogen-bond donors (Lipinski definition) is 0. The number of imide groups is 1. The number of aromatic nitrogens is 3. The second kappa shape index (κ2) is 7.70. The van der Waals surface area contributed by atoms with Gasteiger partial charge < -0.3 is 9.42 Å². The van der Waals surface area contributed by atoms with E-state index in [0.29, 0.717) is 24.8 Å². The zero-order chi connectivity index (χ0) is 19.7. The van der Waals surface area contributed by atoms with Crippen LogP contribution in [0.15, 0.2) is 29.0 Å². The number of thioether (sulfide) groups is 1. The third-order valence-electron chi connectivity index (χ3n) is 5.06. The lowest BCUT2D eigenvalue weighted by Crippen LogP contribution is -2.40. The fraction of sp³-hybridized carbons (Fsp3) is 0.444. The molecule has 2 aliphatic rings. The Kier molecular flexibility index (Phi) is 5.12. The summed E-state index contributed by atoms with van der Waals surface area (Å²) in [6.07, 6.45) is 4.85. The second-order valence-corrected chi connectivity index (χ2v) is 7.98. The summed E-state index contributed by atoms with van der Waals surface area (Å²) in [4.78, 5) is 47.3. The van der Waals surface area contributed by atoms with Gasteiger partial charge in [0.1, 0.15) is 5.25 Å². The lowest BCUT2D eigenvalue weighted by Gasteiger charge is -2.31. The summed E-state index contributed by atoms with van der Waals surface area (Å²) in [7, 11) is 1.44. The maximum absolute atomic E-state index is 12.5. The first-order chi connectivity index (χ1) is 13.5. The number of carbonyl (C=O) groups is 3. The molecule has 0 radical (unpaired) electrons. The first-order valence-electron chi connectivity index (χ1n) is 9.03. The van der Waals surface area contributed by atoms with Crippen LogP contribution in [0.5, 0.6) is 0 Å².